The molecule has 0 N–H and O–H groups in total. The number of unbranched alkanes of at least 4 members (excludes halogenated alkanes) is 11. The van der Waals surface area contributed by atoms with Crippen LogP contribution in [0.25, 0.3) is 0 Å². The molecule has 0 radical (unpaired) electrons. The number of carbonyl (C=O) groups is 1. The molecule has 0 unspecified atom stereocenters. The Bertz CT molecular complexity index is 1050. The van der Waals surface area contributed by atoms with Gasteiger partial charge in [-0.2, -0.15) is 8.42 Å². The summed E-state index contributed by atoms with van der Waals surface area (Å²) in [6, 6.07) is 15.3. The molecule has 0 atom stereocenters. The minimum atomic E-state index is -3.53. The summed E-state index contributed by atoms with van der Waals surface area (Å²) in [6.07, 6.45) is 17.7. The summed E-state index contributed by atoms with van der Waals surface area (Å²) in [5.41, 5.74) is 2.54. The second kappa shape index (κ2) is 18.8. The maximum Gasteiger partial charge on any atom is 0.264 e. The molecule has 1 amide bonds. The molecule has 2 aromatic rings. The molecule has 0 aromatic heterocycles. The first-order valence-corrected chi connectivity index (χ1v) is 16.5. The van der Waals surface area contributed by atoms with E-state index in [0.29, 0.717) is 18.5 Å². The normalized spacial score (nSPS) is 11.5. The SMILES string of the molecule is CCCCCCCCCCCCCCOc1ccc(CCN(C(C)=O)c2cccc(COS(C)(=O)=O)c2)cc1. The molecule has 7 heteroatoms. The third-order valence-corrected chi connectivity index (χ3v) is 7.40. The standard InChI is InChI=1S/C32H49NO5S/c1-4-5-6-7-8-9-10-11-12-13-14-15-25-37-32-21-19-29(20-22-32)23-24-33(28(2)34)31-18-16-17-30(26-31)27-38-39(3,35)36/h16-22,26H,4-15,23-25,27H2,1-3H3. The molecular formula is C32H49NO5S. The second-order valence-electron chi connectivity index (χ2n) is 10.4. The van der Waals surface area contributed by atoms with Gasteiger partial charge in [0.25, 0.3) is 10.1 Å². The number of ether oxygens (including phenoxy) is 1. The van der Waals surface area contributed by atoms with Crippen LogP contribution in [0.2, 0.25) is 0 Å². The number of anilines is 1. The van der Waals surface area contributed by atoms with Crippen molar-refractivity contribution in [1.29, 1.82) is 0 Å². The molecule has 0 saturated heterocycles. The minimum absolute atomic E-state index is 0.0564. The van der Waals surface area contributed by atoms with E-state index < -0.39 is 10.1 Å². The lowest BCUT2D eigenvalue weighted by molar-refractivity contribution is -0.116. The van der Waals surface area contributed by atoms with Crippen molar-refractivity contribution >= 4 is 21.7 Å². The van der Waals surface area contributed by atoms with Gasteiger partial charge in [0.1, 0.15) is 5.75 Å². The quantitative estimate of drug-likeness (QED) is 0.115. The van der Waals surface area contributed by atoms with Crippen molar-refractivity contribution in [3.05, 3.63) is 59.7 Å². The van der Waals surface area contributed by atoms with Gasteiger partial charge in [0.15, 0.2) is 0 Å². The minimum Gasteiger partial charge on any atom is -0.494 e. The van der Waals surface area contributed by atoms with Gasteiger partial charge in [-0.15, -0.1) is 0 Å². The van der Waals surface area contributed by atoms with Gasteiger partial charge >= 0.3 is 0 Å². The van der Waals surface area contributed by atoms with E-state index in [9.17, 15) is 13.2 Å². The Morgan fingerprint density at radius 1 is 0.795 bits per heavy atom. The highest BCUT2D eigenvalue weighted by Crippen LogP contribution is 2.20. The van der Waals surface area contributed by atoms with Crippen molar-refractivity contribution in [2.75, 3.05) is 24.3 Å². The number of nitrogens with zero attached hydrogens (tertiary/aromatic N) is 1. The van der Waals surface area contributed by atoms with Gasteiger partial charge in [0, 0.05) is 19.2 Å². The molecule has 0 saturated carbocycles. The van der Waals surface area contributed by atoms with Crippen molar-refractivity contribution in [2.24, 2.45) is 0 Å². The Labute approximate surface area is 237 Å². The smallest absolute Gasteiger partial charge is 0.264 e. The number of amides is 1. The molecule has 6 nitrogen and oxygen atoms in total. The van der Waals surface area contributed by atoms with Crippen LogP contribution in [0.3, 0.4) is 0 Å². The van der Waals surface area contributed by atoms with E-state index in [1.165, 1.54) is 77.6 Å². The topological polar surface area (TPSA) is 72.9 Å². The van der Waals surface area contributed by atoms with Crippen molar-refractivity contribution in [3.8, 4) is 5.75 Å². The molecule has 218 valence electrons. The van der Waals surface area contributed by atoms with Crippen LogP contribution < -0.4 is 9.64 Å². The first-order valence-electron chi connectivity index (χ1n) is 14.7. The average molecular weight is 560 g/mol. The predicted molar refractivity (Wildman–Crippen MR) is 161 cm³/mol. The second-order valence-corrected chi connectivity index (χ2v) is 12.1. The zero-order valence-electron chi connectivity index (χ0n) is 24.3. The van der Waals surface area contributed by atoms with Crippen LogP contribution in [0.15, 0.2) is 48.5 Å². The Kier molecular flexibility index (Phi) is 15.8. The van der Waals surface area contributed by atoms with Gasteiger partial charge in [-0.05, 0) is 48.2 Å². The van der Waals surface area contributed by atoms with E-state index in [2.05, 4.69) is 6.92 Å². The van der Waals surface area contributed by atoms with Crippen LogP contribution in [-0.2, 0) is 32.1 Å². The number of hydrogen-bond donors (Lipinski definition) is 0. The first-order chi connectivity index (χ1) is 18.8. The van der Waals surface area contributed by atoms with Crippen LogP contribution in [0.1, 0.15) is 102 Å². The van der Waals surface area contributed by atoms with E-state index in [0.717, 1.165) is 36.3 Å². The van der Waals surface area contributed by atoms with E-state index in [4.69, 9.17) is 8.92 Å². The molecule has 0 heterocycles. The van der Waals surface area contributed by atoms with Crippen molar-refractivity contribution < 1.29 is 22.1 Å². The molecule has 2 rings (SSSR count). The van der Waals surface area contributed by atoms with Crippen LogP contribution in [-0.4, -0.2) is 33.7 Å². The van der Waals surface area contributed by atoms with Gasteiger partial charge in [0.2, 0.25) is 5.91 Å². The molecule has 2 aromatic carbocycles. The van der Waals surface area contributed by atoms with Crippen LogP contribution in [0.4, 0.5) is 5.69 Å². The molecule has 0 aliphatic carbocycles. The Hall–Kier alpha value is -2.38. The highest BCUT2D eigenvalue weighted by molar-refractivity contribution is 7.85. The van der Waals surface area contributed by atoms with Crippen molar-refractivity contribution in [2.45, 2.75) is 104 Å². The zero-order valence-corrected chi connectivity index (χ0v) is 25.1. The van der Waals surface area contributed by atoms with Crippen LogP contribution in [0, 0.1) is 0 Å². The van der Waals surface area contributed by atoms with E-state index >= 15 is 0 Å². The summed E-state index contributed by atoms with van der Waals surface area (Å²) >= 11 is 0. The molecule has 0 aliphatic rings. The predicted octanol–water partition coefficient (Wildman–Crippen LogP) is 7.84. The molecule has 39 heavy (non-hydrogen) atoms. The average Bonchev–Trinajstić information content (AvgIpc) is 2.91. The number of hydrogen-bond acceptors (Lipinski definition) is 5. The molecular weight excluding hydrogens is 510 g/mol. The fourth-order valence-electron chi connectivity index (χ4n) is 4.58. The lowest BCUT2D eigenvalue weighted by Crippen LogP contribution is -2.30. The maximum atomic E-state index is 12.3. The van der Waals surface area contributed by atoms with Crippen LogP contribution in [0.5, 0.6) is 5.75 Å². The summed E-state index contributed by atoms with van der Waals surface area (Å²) in [5.74, 6) is 0.808. The van der Waals surface area contributed by atoms with Gasteiger partial charge in [-0.3, -0.25) is 8.98 Å². The van der Waals surface area contributed by atoms with E-state index in [1.807, 2.05) is 30.3 Å². The van der Waals surface area contributed by atoms with Crippen molar-refractivity contribution in [1.82, 2.24) is 0 Å². The summed E-state index contributed by atoms with van der Waals surface area (Å²) in [7, 11) is -3.53. The van der Waals surface area contributed by atoms with Gasteiger partial charge in [-0.25, -0.2) is 0 Å². The zero-order chi connectivity index (χ0) is 28.3. The molecule has 0 spiro atoms. The van der Waals surface area contributed by atoms with E-state index in [1.54, 1.807) is 23.1 Å². The first kappa shape index (κ1) is 32.8. The van der Waals surface area contributed by atoms with Gasteiger partial charge in [-0.1, -0.05) is 102 Å². The summed E-state index contributed by atoms with van der Waals surface area (Å²) in [5, 5.41) is 0. The number of carbonyl (C=O) groups excluding carboxylic acids is 1. The summed E-state index contributed by atoms with van der Waals surface area (Å²) in [4.78, 5) is 14.0. The van der Waals surface area contributed by atoms with Gasteiger partial charge < -0.3 is 9.64 Å². The van der Waals surface area contributed by atoms with E-state index in [-0.39, 0.29) is 12.5 Å². The fraction of sp³-hybridized carbons (Fsp3) is 0.594. The Balaban J connectivity index is 1.65. The number of benzene rings is 2. The lowest BCUT2D eigenvalue weighted by Gasteiger charge is -2.22. The maximum absolute atomic E-state index is 12.3. The molecule has 0 aliphatic heterocycles. The molecule has 0 fully saturated rings. The highest BCUT2D eigenvalue weighted by Gasteiger charge is 2.13. The van der Waals surface area contributed by atoms with Gasteiger partial charge in [0.05, 0.1) is 19.5 Å². The monoisotopic (exact) mass is 559 g/mol. The summed E-state index contributed by atoms with van der Waals surface area (Å²) < 4.78 is 33.4. The fourth-order valence-corrected chi connectivity index (χ4v) is 4.93. The third-order valence-electron chi connectivity index (χ3n) is 6.86. The third kappa shape index (κ3) is 15.1. The summed E-state index contributed by atoms with van der Waals surface area (Å²) in [6.45, 7) is 5.01. The number of rotatable bonds is 21. The molecule has 0 bridgehead atoms. The van der Waals surface area contributed by atoms with Crippen LogP contribution >= 0.6 is 0 Å². The Morgan fingerprint density at radius 2 is 1.38 bits per heavy atom. The largest absolute Gasteiger partial charge is 0.494 e. The highest BCUT2D eigenvalue weighted by atomic mass is 32.2. The lowest BCUT2D eigenvalue weighted by atomic mass is 10.1. The Morgan fingerprint density at radius 3 is 1.95 bits per heavy atom. The van der Waals surface area contributed by atoms with Crippen molar-refractivity contribution in [3.63, 3.8) is 0 Å².